The van der Waals surface area contributed by atoms with Gasteiger partial charge in [0.1, 0.15) is 23.5 Å². The number of hydrogen-bond acceptors (Lipinski definition) is 5. The molecule has 98 valence electrons. The number of ether oxygens (including phenoxy) is 2. The number of carbonyl (C=O) groups is 1. The molecule has 0 atom stereocenters. The average Bonchev–Trinajstić information content (AvgIpc) is 2.43. The Balaban J connectivity index is 2.32. The molecule has 0 saturated carbocycles. The molecule has 0 unspecified atom stereocenters. The van der Waals surface area contributed by atoms with Crippen molar-refractivity contribution in [3.63, 3.8) is 0 Å². The first-order valence-electron chi connectivity index (χ1n) is 5.13. The average molecular weight is 327 g/mol. The van der Waals surface area contributed by atoms with Gasteiger partial charge in [0.2, 0.25) is 5.88 Å². The zero-order chi connectivity index (χ0) is 13.8. The van der Waals surface area contributed by atoms with Crippen LogP contribution in [0.1, 0.15) is 10.4 Å². The molecule has 0 radical (unpaired) electrons. The molecule has 0 aliphatic rings. The standard InChI is InChI=1S/C12H8BrFN2O3/c1-18-12(17)8-5-15-6-16-11(8)19-7-2-3-10(14)9(13)4-7/h2-6H,1H3. The molecule has 7 heteroatoms. The monoisotopic (exact) mass is 326 g/mol. The summed E-state index contributed by atoms with van der Waals surface area (Å²) in [5.74, 6) is -0.655. The van der Waals surface area contributed by atoms with E-state index >= 15 is 0 Å². The maximum absolute atomic E-state index is 13.1. The molecule has 2 aromatic rings. The number of carbonyl (C=O) groups excluding carboxylic acids is 1. The van der Waals surface area contributed by atoms with Gasteiger partial charge < -0.3 is 9.47 Å². The molecule has 5 nitrogen and oxygen atoms in total. The zero-order valence-electron chi connectivity index (χ0n) is 9.76. The fourth-order valence-electron chi connectivity index (χ4n) is 1.30. The van der Waals surface area contributed by atoms with Gasteiger partial charge in [-0.05, 0) is 34.1 Å². The summed E-state index contributed by atoms with van der Waals surface area (Å²) < 4.78 is 23.4. The number of esters is 1. The van der Waals surface area contributed by atoms with E-state index in [1.807, 2.05) is 0 Å². The van der Waals surface area contributed by atoms with Crippen molar-refractivity contribution < 1.29 is 18.7 Å². The lowest BCUT2D eigenvalue weighted by molar-refractivity contribution is 0.0596. The van der Waals surface area contributed by atoms with Gasteiger partial charge >= 0.3 is 5.97 Å². The lowest BCUT2D eigenvalue weighted by atomic mass is 10.3. The molecular formula is C12H8BrFN2O3. The molecule has 0 fully saturated rings. The molecule has 0 aliphatic carbocycles. The topological polar surface area (TPSA) is 61.3 Å². The summed E-state index contributed by atoms with van der Waals surface area (Å²) in [7, 11) is 1.24. The van der Waals surface area contributed by atoms with Crippen LogP contribution in [-0.4, -0.2) is 23.0 Å². The van der Waals surface area contributed by atoms with Gasteiger partial charge in [0.25, 0.3) is 0 Å². The summed E-state index contributed by atoms with van der Waals surface area (Å²) in [6.45, 7) is 0. The Labute approximate surface area is 116 Å². The number of nitrogens with zero attached hydrogens (tertiary/aromatic N) is 2. The van der Waals surface area contributed by atoms with Crippen LogP contribution in [0.15, 0.2) is 35.2 Å². The maximum atomic E-state index is 13.1. The van der Waals surface area contributed by atoms with E-state index in [2.05, 4.69) is 30.6 Å². The van der Waals surface area contributed by atoms with Crippen molar-refractivity contribution in [1.29, 1.82) is 0 Å². The minimum Gasteiger partial charge on any atom is -0.465 e. The first kappa shape index (κ1) is 13.4. The molecule has 19 heavy (non-hydrogen) atoms. The van der Waals surface area contributed by atoms with Crippen molar-refractivity contribution in [2.24, 2.45) is 0 Å². The fraction of sp³-hybridized carbons (Fsp3) is 0.0833. The van der Waals surface area contributed by atoms with Gasteiger partial charge in [0, 0.05) is 6.20 Å². The van der Waals surface area contributed by atoms with Crippen molar-refractivity contribution in [3.8, 4) is 11.6 Å². The Bertz CT molecular complexity index is 622. The predicted molar refractivity (Wildman–Crippen MR) is 67.5 cm³/mol. The highest BCUT2D eigenvalue weighted by Crippen LogP contribution is 2.27. The number of hydrogen-bond donors (Lipinski definition) is 0. The first-order valence-corrected chi connectivity index (χ1v) is 5.92. The van der Waals surface area contributed by atoms with Gasteiger partial charge in [0.05, 0.1) is 11.6 Å². The van der Waals surface area contributed by atoms with Crippen molar-refractivity contribution in [2.45, 2.75) is 0 Å². The van der Waals surface area contributed by atoms with Crippen LogP contribution in [0.2, 0.25) is 0 Å². The highest BCUT2D eigenvalue weighted by atomic mass is 79.9. The van der Waals surface area contributed by atoms with Gasteiger partial charge in [-0.1, -0.05) is 0 Å². The summed E-state index contributed by atoms with van der Waals surface area (Å²) in [4.78, 5) is 19.1. The lowest BCUT2D eigenvalue weighted by Gasteiger charge is -2.08. The summed E-state index contributed by atoms with van der Waals surface area (Å²) in [5.41, 5.74) is 0.0884. The van der Waals surface area contributed by atoms with Gasteiger partial charge in [-0.25, -0.2) is 19.2 Å². The highest BCUT2D eigenvalue weighted by molar-refractivity contribution is 9.10. The van der Waals surface area contributed by atoms with Crippen LogP contribution in [-0.2, 0) is 4.74 Å². The van der Waals surface area contributed by atoms with E-state index in [1.165, 1.54) is 37.8 Å². The van der Waals surface area contributed by atoms with Crippen LogP contribution >= 0.6 is 15.9 Å². The minimum absolute atomic E-state index is 0.0420. The quantitative estimate of drug-likeness (QED) is 0.811. The highest BCUT2D eigenvalue weighted by Gasteiger charge is 2.15. The molecule has 1 aromatic heterocycles. The van der Waals surface area contributed by atoms with Crippen LogP contribution < -0.4 is 4.74 Å². The maximum Gasteiger partial charge on any atom is 0.345 e. The van der Waals surface area contributed by atoms with Gasteiger partial charge in [-0.15, -0.1) is 0 Å². The molecule has 1 aromatic carbocycles. The van der Waals surface area contributed by atoms with Crippen LogP contribution in [0.5, 0.6) is 11.6 Å². The smallest absolute Gasteiger partial charge is 0.345 e. The first-order chi connectivity index (χ1) is 9.11. The Kier molecular flexibility index (Phi) is 4.06. The number of rotatable bonds is 3. The van der Waals surface area contributed by atoms with E-state index in [0.29, 0.717) is 5.75 Å². The molecule has 0 bridgehead atoms. The number of halogens is 2. The second-order valence-electron chi connectivity index (χ2n) is 3.41. The van der Waals surface area contributed by atoms with E-state index < -0.39 is 11.8 Å². The zero-order valence-corrected chi connectivity index (χ0v) is 11.3. The van der Waals surface area contributed by atoms with Crippen LogP contribution in [0.4, 0.5) is 4.39 Å². The van der Waals surface area contributed by atoms with Crippen molar-refractivity contribution in [1.82, 2.24) is 9.97 Å². The van der Waals surface area contributed by atoms with Crippen LogP contribution in [0.25, 0.3) is 0 Å². The van der Waals surface area contributed by atoms with E-state index in [-0.39, 0.29) is 15.9 Å². The third-order valence-corrected chi connectivity index (χ3v) is 2.79. The molecule has 2 rings (SSSR count). The molecule has 0 N–H and O–H groups in total. The van der Waals surface area contributed by atoms with E-state index in [1.54, 1.807) is 0 Å². The Morgan fingerprint density at radius 3 is 2.89 bits per heavy atom. The molecule has 0 spiro atoms. The summed E-state index contributed by atoms with van der Waals surface area (Å²) in [5, 5.41) is 0. The van der Waals surface area contributed by atoms with Gasteiger partial charge in [0.15, 0.2) is 0 Å². The number of methoxy groups -OCH3 is 1. The summed E-state index contributed by atoms with van der Waals surface area (Å²) in [6.07, 6.45) is 2.52. The fourth-order valence-corrected chi connectivity index (χ4v) is 1.66. The largest absolute Gasteiger partial charge is 0.465 e. The Morgan fingerprint density at radius 2 is 2.21 bits per heavy atom. The second-order valence-corrected chi connectivity index (χ2v) is 4.27. The van der Waals surface area contributed by atoms with E-state index in [0.717, 1.165) is 0 Å². The molecule has 0 amide bonds. The third kappa shape index (κ3) is 3.05. The van der Waals surface area contributed by atoms with Crippen LogP contribution in [0.3, 0.4) is 0 Å². The SMILES string of the molecule is COC(=O)c1cncnc1Oc1ccc(F)c(Br)c1. The molecule has 0 aliphatic heterocycles. The molecule has 1 heterocycles. The van der Waals surface area contributed by atoms with E-state index in [4.69, 9.17) is 4.74 Å². The molecule has 0 saturated heterocycles. The Morgan fingerprint density at radius 1 is 1.42 bits per heavy atom. The third-order valence-electron chi connectivity index (χ3n) is 2.19. The molecular weight excluding hydrogens is 319 g/mol. The summed E-state index contributed by atoms with van der Waals surface area (Å²) in [6, 6.07) is 4.08. The summed E-state index contributed by atoms with van der Waals surface area (Å²) >= 11 is 3.04. The Hall–Kier alpha value is -2.02. The van der Waals surface area contributed by atoms with E-state index in [9.17, 15) is 9.18 Å². The van der Waals surface area contributed by atoms with Crippen molar-refractivity contribution in [3.05, 3.63) is 46.6 Å². The predicted octanol–water partition coefficient (Wildman–Crippen LogP) is 2.96. The normalized spacial score (nSPS) is 10.1. The number of aromatic nitrogens is 2. The van der Waals surface area contributed by atoms with Gasteiger partial charge in [-0.3, -0.25) is 0 Å². The minimum atomic E-state index is -0.614. The van der Waals surface area contributed by atoms with Gasteiger partial charge in [-0.2, -0.15) is 0 Å². The van der Waals surface area contributed by atoms with Crippen LogP contribution in [0, 0.1) is 5.82 Å². The van der Waals surface area contributed by atoms with Crippen molar-refractivity contribution >= 4 is 21.9 Å². The lowest BCUT2D eigenvalue weighted by Crippen LogP contribution is -2.05. The number of benzene rings is 1. The second kappa shape index (κ2) is 5.75. The van der Waals surface area contributed by atoms with Crippen molar-refractivity contribution in [2.75, 3.05) is 7.11 Å².